The SMILES string of the molecule is Cc1ccc(Br)cc1Oc1ncc([N+](=O)[O-])c(C)c1Br. The highest BCUT2D eigenvalue weighted by molar-refractivity contribution is 9.10. The van der Waals surface area contributed by atoms with Crippen molar-refractivity contribution < 1.29 is 9.66 Å². The van der Waals surface area contributed by atoms with Gasteiger partial charge in [0.25, 0.3) is 5.69 Å². The van der Waals surface area contributed by atoms with Crippen molar-refractivity contribution in [2.75, 3.05) is 0 Å². The summed E-state index contributed by atoms with van der Waals surface area (Å²) < 4.78 is 7.09. The summed E-state index contributed by atoms with van der Waals surface area (Å²) >= 11 is 6.67. The van der Waals surface area contributed by atoms with E-state index >= 15 is 0 Å². The van der Waals surface area contributed by atoms with Crippen LogP contribution in [0.1, 0.15) is 11.1 Å². The zero-order chi connectivity index (χ0) is 14.9. The number of aromatic nitrogens is 1. The molecular formula is C13H10Br2N2O3. The average Bonchev–Trinajstić information content (AvgIpc) is 2.39. The fourth-order valence-electron chi connectivity index (χ4n) is 1.59. The minimum Gasteiger partial charge on any atom is -0.438 e. The van der Waals surface area contributed by atoms with E-state index in [9.17, 15) is 10.1 Å². The van der Waals surface area contributed by atoms with Crippen LogP contribution in [0.3, 0.4) is 0 Å². The molecule has 0 saturated carbocycles. The van der Waals surface area contributed by atoms with E-state index in [4.69, 9.17) is 4.74 Å². The Kier molecular flexibility index (Phi) is 4.39. The number of nitrogens with zero attached hydrogens (tertiary/aromatic N) is 2. The number of nitro groups is 1. The summed E-state index contributed by atoms with van der Waals surface area (Å²) in [4.78, 5) is 14.4. The normalized spacial score (nSPS) is 10.4. The average molecular weight is 402 g/mol. The molecule has 1 aromatic heterocycles. The van der Waals surface area contributed by atoms with Gasteiger partial charge in [-0.15, -0.1) is 0 Å². The molecule has 0 aliphatic rings. The predicted octanol–water partition coefficient (Wildman–Crippen LogP) is 4.92. The number of hydrogen-bond donors (Lipinski definition) is 0. The van der Waals surface area contributed by atoms with Crippen LogP contribution in [-0.2, 0) is 0 Å². The lowest BCUT2D eigenvalue weighted by Crippen LogP contribution is -1.98. The molecule has 20 heavy (non-hydrogen) atoms. The molecule has 2 rings (SSSR count). The monoisotopic (exact) mass is 400 g/mol. The van der Waals surface area contributed by atoms with Gasteiger partial charge in [0, 0.05) is 10.0 Å². The van der Waals surface area contributed by atoms with Gasteiger partial charge in [-0.1, -0.05) is 22.0 Å². The molecule has 0 saturated heterocycles. The Bertz CT molecular complexity index is 690. The summed E-state index contributed by atoms with van der Waals surface area (Å²) in [6.07, 6.45) is 1.20. The van der Waals surface area contributed by atoms with Crippen LogP contribution in [0.2, 0.25) is 0 Å². The van der Waals surface area contributed by atoms with E-state index in [0.717, 1.165) is 10.0 Å². The second-order valence-electron chi connectivity index (χ2n) is 4.16. The third-order valence-electron chi connectivity index (χ3n) is 2.76. The molecule has 0 N–H and O–H groups in total. The summed E-state index contributed by atoms with van der Waals surface area (Å²) in [6.45, 7) is 3.55. The van der Waals surface area contributed by atoms with Crippen LogP contribution in [0.5, 0.6) is 11.6 Å². The van der Waals surface area contributed by atoms with Gasteiger partial charge in [-0.05, 0) is 47.5 Å². The van der Waals surface area contributed by atoms with E-state index in [1.165, 1.54) is 6.20 Å². The molecule has 7 heteroatoms. The van der Waals surface area contributed by atoms with E-state index < -0.39 is 4.92 Å². The molecular weight excluding hydrogens is 392 g/mol. The van der Waals surface area contributed by atoms with Gasteiger partial charge in [0.1, 0.15) is 11.9 Å². The zero-order valence-corrected chi connectivity index (χ0v) is 13.9. The number of hydrogen-bond acceptors (Lipinski definition) is 4. The summed E-state index contributed by atoms with van der Waals surface area (Å²) in [7, 11) is 0. The summed E-state index contributed by atoms with van der Waals surface area (Å²) in [5, 5.41) is 10.8. The van der Waals surface area contributed by atoms with Gasteiger partial charge >= 0.3 is 0 Å². The lowest BCUT2D eigenvalue weighted by atomic mass is 10.2. The first-order valence-electron chi connectivity index (χ1n) is 5.63. The number of halogens is 2. The molecule has 0 unspecified atom stereocenters. The Balaban J connectivity index is 2.42. The second-order valence-corrected chi connectivity index (χ2v) is 5.87. The number of rotatable bonds is 3. The van der Waals surface area contributed by atoms with Crippen LogP contribution in [-0.4, -0.2) is 9.91 Å². The molecule has 5 nitrogen and oxygen atoms in total. The fraction of sp³-hybridized carbons (Fsp3) is 0.154. The molecule has 1 heterocycles. The van der Waals surface area contributed by atoms with Crippen molar-refractivity contribution in [3.8, 4) is 11.6 Å². The molecule has 1 aromatic carbocycles. The van der Waals surface area contributed by atoms with Gasteiger partial charge in [0.05, 0.1) is 9.40 Å². The predicted molar refractivity (Wildman–Crippen MR) is 82.3 cm³/mol. The molecule has 0 spiro atoms. The van der Waals surface area contributed by atoms with Gasteiger partial charge in [-0.25, -0.2) is 4.98 Å². The molecule has 104 valence electrons. The maximum absolute atomic E-state index is 10.8. The van der Waals surface area contributed by atoms with Crippen molar-refractivity contribution in [2.24, 2.45) is 0 Å². The molecule has 0 bridgehead atoms. The highest BCUT2D eigenvalue weighted by Crippen LogP contribution is 2.36. The second kappa shape index (κ2) is 5.88. The maximum Gasteiger partial charge on any atom is 0.291 e. The minimum absolute atomic E-state index is 0.0461. The number of benzene rings is 1. The zero-order valence-electron chi connectivity index (χ0n) is 10.7. The van der Waals surface area contributed by atoms with Crippen molar-refractivity contribution in [1.82, 2.24) is 4.98 Å². The first-order valence-corrected chi connectivity index (χ1v) is 7.22. The van der Waals surface area contributed by atoms with E-state index in [2.05, 4.69) is 36.8 Å². The first-order chi connectivity index (χ1) is 9.40. The molecule has 0 fully saturated rings. The number of pyridine rings is 1. The lowest BCUT2D eigenvalue weighted by Gasteiger charge is -2.11. The summed E-state index contributed by atoms with van der Waals surface area (Å²) in [5.74, 6) is 0.940. The Hall–Kier alpha value is -1.47. The largest absolute Gasteiger partial charge is 0.438 e. The molecule has 0 amide bonds. The van der Waals surface area contributed by atoms with Crippen LogP contribution in [0.4, 0.5) is 5.69 Å². The van der Waals surface area contributed by atoms with Crippen molar-refractivity contribution in [2.45, 2.75) is 13.8 Å². The fourth-order valence-corrected chi connectivity index (χ4v) is 2.32. The third-order valence-corrected chi connectivity index (χ3v) is 4.19. The molecule has 0 aliphatic heterocycles. The first kappa shape index (κ1) is 14.9. The van der Waals surface area contributed by atoms with Gasteiger partial charge < -0.3 is 4.74 Å². The van der Waals surface area contributed by atoms with Crippen molar-refractivity contribution in [3.63, 3.8) is 0 Å². The quantitative estimate of drug-likeness (QED) is 0.540. The third kappa shape index (κ3) is 2.99. The summed E-state index contributed by atoms with van der Waals surface area (Å²) in [6, 6.07) is 5.64. The van der Waals surface area contributed by atoms with E-state index in [1.807, 2.05) is 25.1 Å². The lowest BCUT2D eigenvalue weighted by molar-refractivity contribution is -0.385. The van der Waals surface area contributed by atoms with E-state index in [0.29, 0.717) is 21.7 Å². The molecule has 0 atom stereocenters. The Labute approximate surface area is 132 Å². The Morgan fingerprint density at radius 1 is 1.30 bits per heavy atom. The van der Waals surface area contributed by atoms with Gasteiger partial charge in [0.2, 0.25) is 5.88 Å². The van der Waals surface area contributed by atoms with Crippen molar-refractivity contribution in [1.29, 1.82) is 0 Å². The maximum atomic E-state index is 10.8. The summed E-state index contributed by atoms with van der Waals surface area (Å²) in [5.41, 5.74) is 1.38. The topological polar surface area (TPSA) is 65.3 Å². The van der Waals surface area contributed by atoms with Gasteiger partial charge in [-0.3, -0.25) is 10.1 Å². The van der Waals surface area contributed by atoms with Gasteiger partial charge in [0.15, 0.2) is 0 Å². The van der Waals surface area contributed by atoms with E-state index in [-0.39, 0.29) is 5.69 Å². The number of ether oxygens (including phenoxy) is 1. The van der Waals surface area contributed by atoms with Crippen molar-refractivity contribution in [3.05, 3.63) is 54.6 Å². The Morgan fingerprint density at radius 3 is 2.65 bits per heavy atom. The Morgan fingerprint density at radius 2 is 2.00 bits per heavy atom. The van der Waals surface area contributed by atoms with Crippen LogP contribution in [0, 0.1) is 24.0 Å². The van der Waals surface area contributed by atoms with Gasteiger partial charge in [-0.2, -0.15) is 0 Å². The van der Waals surface area contributed by atoms with Crippen molar-refractivity contribution >= 4 is 37.5 Å². The smallest absolute Gasteiger partial charge is 0.291 e. The number of aryl methyl sites for hydroxylation is 1. The standard InChI is InChI=1S/C13H10Br2N2O3/c1-7-3-4-9(14)5-11(7)20-13-12(15)8(2)10(6-16-13)17(18)19/h3-6H,1-2H3. The van der Waals surface area contributed by atoms with Crippen LogP contribution < -0.4 is 4.74 Å². The van der Waals surface area contributed by atoms with Crippen LogP contribution in [0.25, 0.3) is 0 Å². The molecule has 0 radical (unpaired) electrons. The molecule has 2 aromatic rings. The van der Waals surface area contributed by atoms with E-state index in [1.54, 1.807) is 6.92 Å². The molecule has 0 aliphatic carbocycles. The van der Waals surface area contributed by atoms with Crippen LogP contribution in [0.15, 0.2) is 33.3 Å². The highest BCUT2D eigenvalue weighted by Gasteiger charge is 2.18. The van der Waals surface area contributed by atoms with Crippen LogP contribution >= 0.6 is 31.9 Å². The highest BCUT2D eigenvalue weighted by atomic mass is 79.9. The minimum atomic E-state index is -0.471.